The second-order valence-electron chi connectivity index (χ2n) is 5.23. The molecular weight excluding hydrogens is 269 g/mol. The van der Waals surface area contributed by atoms with Gasteiger partial charge in [0.05, 0.1) is 24.5 Å². The molecule has 1 aromatic carbocycles. The second-order valence-corrected chi connectivity index (χ2v) is 5.23. The van der Waals surface area contributed by atoms with Crippen molar-refractivity contribution in [1.29, 1.82) is 0 Å². The molecule has 0 radical (unpaired) electrons. The Morgan fingerprint density at radius 3 is 2.95 bits per heavy atom. The zero-order chi connectivity index (χ0) is 14.7. The van der Waals surface area contributed by atoms with Crippen LogP contribution in [-0.2, 0) is 0 Å². The van der Waals surface area contributed by atoms with Crippen LogP contribution in [0.1, 0.15) is 36.1 Å². The van der Waals surface area contributed by atoms with Crippen LogP contribution < -0.4 is 16.0 Å². The third kappa shape index (κ3) is 3.04. The summed E-state index contributed by atoms with van der Waals surface area (Å²) in [4.78, 5) is 4.12. The molecule has 4 nitrogen and oxygen atoms in total. The number of rotatable bonds is 4. The van der Waals surface area contributed by atoms with Crippen molar-refractivity contribution < 1.29 is 9.13 Å². The number of para-hydroxylation sites is 1. The predicted octanol–water partition coefficient (Wildman–Crippen LogP) is 2.68. The third-order valence-corrected chi connectivity index (χ3v) is 3.91. The van der Waals surface area contributed by atoms with Crippen molar-refractivity contribution in [3.63, 3.8) is 0 Å². The minimum atomic E-state index is -0.342. The van der Waals surface area contributed by atoms with Gasteiger partial charge >= 0.3 is 0 Å². The summed E-state index contributed by atoms with van der Waals surface area (Å²) in [6.45, 7) is 0.704. The van der Waals surface area contributed by atoms with Crippen molar-refractivity contribution in [2.75, 3.05) is 6.61 Å². The number of ether oxygens (including phenoxy) is 1. The molecule has 0 bridgehead atoms. The average molecular weight is 287 g/mol. The number of benzene rings is 1. The maximum atomic E-state index is 13.0. The lowest BCUT2D eigenvalue weighted by Crippen LogP contribution is -2.31. The Labute approximate surface area is 123 Å². The standard InChI is InChI=1S/C16H18FN3O/c17-12-5-6-14(19-10-12)15(20-18)9-11-7-8-21-16-4-2-1-3-13(11)16/h1-6,10-11,15,20H,7-9,18H2. The lowest BCUT2D eigenvalue weighted by Gasteiger charge is -2.28. The van der Waals surface area contributed by atoms with E-state index in [9.17, 15) is 4.39 Å². The molecule has 0 amide bonds. The first-order valence-electron chi connectivity index (χ1n) is 7.07. The highest BCUT2D eigenvalue weighted by atomic mass is 19.1. The van der Waals surface area contributed by atoms with E-state index in [1.165, 1.54) is 17.8 Å². The highest BCUT2D eigenvalue weighted by Crippen LogP contribution is 2.38. The summed E-state index contributed by atoms with van der Waals surface area (Å²) in [6, 6.07) is 11.0. The zero-order valence-electron chi connectivity index (χ0n) is 11.6. The first kappa shape index (κ1) is 14.0. The number of pyridine rings is 1. The predicted molar refractivity (Wildman–Crippen MR) is 78.2 cm³/mol. The molecule has 2 heterocycles. The summed E-state index contributed by atoms with van der Waals surface area (Å²) in [5.41, 5.74) is 4.74. The quantitative estimate of drug-likeness (QED) is 0.670. The summed E-state index contributed by atoms with van der Waals surface area (Å²) in [5, 5.41) is 0. The number of hydrazine groups is 1. The van der Waals surface area contributed by atoms with E-state index < -0.39 is 0 Å². The number of hydrogen-bond donors (Lipinski definition) is 2. The summed E-state index contributed by atoms with van der Waals surface area (Å²) in [6.07, 6.45) is 2.96. The molecule has 3 rings (SSSR count). The molecule has 2 unspecified atom stereocenters. The fraction of sp³-hybridized carbons (Fsp3) is 0.312. The van der Waals surface area contributed by atoms with E-state index in [0.717, 1.165) is 24.3 Å². The van der Waals surface area contributed by atoms with E-state index in [0.29, 0.717) is 12.5 Å². The molecule has 0 spiro atoms. The third-order valence-electron chi connectivity index (χ3n) is 3.91. The van der Waals surface area contributed by atoms with Crippen LogP contribution >= 0.6 is 0 Å². The Bertz CT molecular complexity index is 603. The molecule has 0 saturated carbocycles. The van der Waals surface area contributed by atoms with Crippen LogP contribution in [0.15, 0.2) is 42.6 Å². The largest absolute Gasteiger partial charge is 0.493 e. The van der Waals surface area contributed by atoms with Gasteiger partial charge in [-0.3, -0.25) is 16.3 Å². The lowest BCUT2D eigenvalue weighted by molar-refractivity contribution is 0.254. The van der Waals surface area contributed by atoms with Gasteiger partial charge in [0.1, 0.15) is 11.6 Å². The van der Waals surface area contributed by atoms with Crippen molar-refractivity contribution in [3.05, 3.63) is 59.7 Å². The Kier molecular flexibility index (Phi) is 4.13. The maximum Gasteiger partial charge on any atom is 0.141 e. The average Bonchev–Trinajstić information content (AvgIpc) is 2.54. The van der Waals surface area contributed by atoms with E-state index in [-0.39, 0.29) is 11.9 Å². The topological polar surface area (TPSA) is 60.2 Å². The monoisotopic (exact) mass is 287 g/mol. The van der Waals surface area contributed by atoms with Gasteiger partial charge in [-0.1, -0.05) is 18.2 Å². The van der Waals surface area contributed by atoms with E-state index in [1.54, 1.807) is 6.07 Å². The molecule has 3 N–H and O–H groups in total. The fourth-order valence-corrected chi connectivity index (χ4v) is 2.81. The van der Waals surface area contributed by atoms with Crippen LogP contribution in [0.4, 0.5) is 4.39 Å². The first-order chi connectivity index (χ1) is 10.3. The number of fused-ring (bicyclic) bond motifs is 1. The van der Waals surface area contributed by atoms with Crippen LogP contribution in [0.2, 0.25) is 0 Å². The smallest absolute Gasteiger partial charge is 0.141 e. The van der Waals surface area contributed by atoms with Crippen molar-refractivity contribution in [2.45, 2.75) is 24.8 Å². The Hall–Kier alpha value is -1.98. The highest BCUT2D eigenvalue weighted by molar-refractivity contribution is 5.38. The van der Waals surface area contributed by atoms with Crippen LogP contribution in [0.5, 0.6) is 5.75 Å². The molecule has 0 saturated heterocycles. The Morgan fingerprint density at radius 1 is 1.33 bits per heavy atom. The minimum absolute atomic E-state index is 0.109. The summed E-state index contributed by atoms with van der Waals surface area (Å²) < 4.78 is 18.7. The summed E-state index contributed by atoms with van der Waals surface area (Å²) >= 11 is 0. The normalized spacial score (nSPS) is 18.7. The van der Waals surface area contributed by atoms with Gasteiger partial charge in [0.25, 0.3) is 0 Å². The number of nitrogens with one attached hydrogen (secondary N) is 1. The number of halogens is 1. The molecule has 2 atom stereocenters. The molecule has 21 heavy (non-hydrogen) atoms. The van der Waals surface area contributed by atoms with Gasteiger partial charge in [-0.25, -0.2) is 4.39 Å². The number of hydrogen-bond acceptors (Lipinski definition) is 4. The minimum Gasteiger partial charge on any atom is -0.493 e. The molecule has 110 valence electrons. The van der Waals surface area contributed by atoms with E-state index in [2.05, 4.69) is 16.5 Å². The molecular formula is C16H18FN3O. The van der Waals surface area contributed by atoms with Gasteiger partial charge in [0, 0.05) is 0 Å². The number of aromatic nitrogens is 1. The van der Waals surface area contributed by atoms with E-state index in [1.807, 2.05) is 18.2 Å². The summed E-state index contributed by atoms with van der Waals surface area (Å²) in [5.74, 6) is 6.61. The van der Waals surface area contributed by atoms with Gasteiger partial charge in [0.15, 0.2) is 0 Å². The van der Waals surface area contributed by atoms with Crippen LogP contribution in [0.25, 0.3) is 0 Å². The molecule has 1 aromatic heterocycles. The van der Waals surface area contributed by atoms with Gasteiger partial charge in [0.2, 0.25) is 0 Å². The maximum absolute atomic E-state index is 13.0. The van der Waals surface area contributed by atoms with Crippen molar-refractivity contribution in [2.24, 2.45) is 5.84 Å². The van der Waals surface area contributed by atoms with Gasteiger partial charge in [-0.15, -0.1) is 0 Å². The SMILES string of the molecule is NNC(CC1CCOc2ccccc21)c1ccc(F)cn1. The van der Waals surface area contributed by atoms with Crippen LogP contribution in [-0.4, -0.2) is 11.6 Å². The Balaban J connectivity index is 1.80. The second kappa shape index (κ2) is 6.20. The summed E-state index contributed by atoms with van der Waals surface area (Å²) in [7, 11) is 0. The lowest BCUT2D eigenvalue weighted by atomic mass is 9.87. The molecule has 1 aliphatic heterocycles. The zero-order valence-corrected chi connectivity index (χ0v) is 11.6. The molecule has 0 fully saturated rings. The van der Waals surface area contributed by atoms with Crippen molar-refractivity contribution in [1.82, 2.24) is 10.4 Å². The van der Waals surface area contributed by atoms with Gasteiger partial charge in [-0.05, 0) is 42.5 Å². The van der Waals surface area contributed by atoms with Crippen LogP contribution in [0, 0.1) is 5.82 Å². The molecule has 2 aromatic rings. The molecule has 1 aliphatic rings. The molecule has 5 heteroatoms. The highest BCUT2D eigenvalue weighted by Gasteiger charge is 2.25. The van der Waals surface area contributed by atoms with E-state index in [4.69, 9.17) is 10.6 Å². The van der Waals surface area contributed by atoms with Crippen LogP contribution in [0.3, 0.4) is 0 Å². The molecule has 0 aliphatic carbocycles. The van der Waals surface area contributed by atoms with Gasteiger partial charge < -0.3 is 4.74 Å². The van der Waals surface area contributed by atoms with Crippen molar-refractivity contribution in [3.8, 4) is 5.75 Å². The Morgan fingerprint density at radius 2 is 2.19 bits per heavy atom. The van der Waals surface area contributed by atoms with Gasteiger partial charge in [-0.2, -0.15) is 0 Å². The van der Waals surface area contributed by atoms with Crippen molar-refractivity contribution >= 4 is 0 Å². The van der Waals surface area contributed by atoms with E-state index >= 15 is 0 Å². The number of nitrogens with two attached hydrogens (primary N) is 1. The fourth-order valence-electron chi connectivity index (χ4n) is 2.81. The number of nitrogens with zero attached hydrogens (tertiary/aromatic N) is 1. The first-order valence-corrected chi connectivity index (χ1v) is 7.07.